The third-order valence-electron chi connectivity index (χ3n) is 3.24. The van der Waals surface area contributed by atoms with Gasteiger partial charge in [-0.2, -0.15) is 11.3 Å². The maximum Gasteiger partial charge on any atom is 0.137 e. The van der Waals surface area contributed by atoms with Gasteiger partial charge in [-0.3, -0.25) is 0 Å². The van der Waals surface area contributed by atoms with E-state index in [1.165, 1.54) is 11.1 Å². The van der Waals surface area contributed by atoms with Gasteiger partial charge in [0, 0.05) is 6.04 Å². The van der Waals surface area contributed by atoms with E-state index < -0.39 is 0 Å². The van der Waals surface area contributed by atoms with Crippen LogP contribution in [0.4, 0.5) is 0 Å². The van der Waals surface area contributed by atoms with Crippen molar-refractivity contribution in [1.82, 2.24) is 5.32 Å². The fourth-order valence-corrected chi connectivity index (χ4v) is 3.04. The minimum absolute atomic E-state index is 0.288. The monoisotopic (exact) mass is 309 g/mol. The van der Waals surface area contributed by atoms with Gasteiger partial charge in [0.2, 0.25) is 0 Å². The summed E-state index contributed by atoms with van der Waals surface area (Å²) in [5.74, 6) is 0.734. The smallest absolute Gasteiger partial charge is 0.137 e. The summed E-state index contributed by atoms with van der Waals surface area (Å²) < 4.78 is 5.32. The van der Waals surface area contributed by atoms with E-state index in [9.17, 15) is 0 Å². The molecular weight excluding hydrogens is 290 g/mol. The first-order valence-electron chi connectivity index (χ1n) is 6.82. The molecule has 2 rings (SSSR count). The van der Waals surface area contributed by atoms with Crippen LogP contribution < -0.4 is 10.1 Å². The highest BCUT2D eigenvalue weighted by Gasteiger charge is 2.14. The molecule has 2 nitrogen and oxygen atoms in total. The summed E-state index contributed by atoms with van der Waals surface area (Å²) in [6.07, 6.45) is 2.10. The molecule has 1 heterocycles. The van der Waals surface area contributed by atoms with Crippen molar-refractivity contribution in [2.75, 3.05) is 13.7 Å². The summed E-state index contributed by atoms with van der Waals surface area (Å²) in [7, 11) is 1.65. The molecule has 1 unspecified atom stereocenters. The van der Waals surface area contributed by atoms with E-state index in [4.69, 9.17) is 16.3 Å². The molecule has 0 aliphatic rings. The summed E-state index contributed by atoms with van der Waals surface area (Å²) >= 11 is 7.84. The van der Waals surface area contributed by atoms with Crippen LogP contribution in [0, 0.1) is 0 Å². The Labute approximate surface area is 129 Å². The van der Waals surface area contributed by atoms with Gasteiger partial charge in [0.25, 0.3) is 0 Å². The lowest BCUT2D eigenvalue weighted by Crippen LogP contribution is -2.24. The zero-order valence-corrected chi connectivity index (χ0v) is 13.4. The maximum atomic E-state index is 6.10. The number of methoxy groups -OCH3 is 1. The van der Waals surface area contributed by atoms with Crippen LogP contribution in [0.25, 0.3) is 0 Å². The number of nitrogens with one attached hydrogen (secondary N) is 1. The molecule has 1 atom stereocenters. The molecule has 1 N–H and O–H groups in total. The summed E-state index contributed by atoms with van der Waals surface area (Å²) in [5, 5.41) is 8.58. The highest BCUT2D eigenvalue weighted by Crippen LogP contribution is 2.29. The van der Waals surface area contributed by atoms with Gasteiger partial charge in [0.05, 0.1) is 12.1 Å². The molecule has 0 saturated carbocycles. The number of halogens is 1. The van der Waals surface area contributed by atoms with Crippen molar-refractivity contribution in [2.24, 2.45) is 0 Å². The van der Waals surface area contributed by atoms with Gasteiger partial charge in [-0.25, -0.2) is 0 Å². The van der Waals surface area contributed by atoms with E-state index in [1.54, 1.807) is 18.4 Å². The molecule has 0 saturated heterocycles. The maximum absolute atomic E-state index is 6.10. The van der Waals surface area contributed by atoms with Gasteiger partial charge in [-0.1, -0.05) is 24.6 Å². The standard InChI is InChI=1S/C16H20ClNOS/c1-3-7-18-15(9-12-6-8-20-11-12)13-4-5-14(17)16(10-13)19-2/h4-6,8,10-11,15,18H,3,7,9H2,1-2H3. The second-order valence-electron chi connectivity index (χ2n) is 4.74. The second-order valence-corrected chi connectivity index (χ2v) is 5.92. The average Bonchev–Trinajstić information content (AvgIpc) is 2.97. The van der Waals surface area contributed by atoms with Gasteiger partial charge in [0.15, 0.2) is 0 Å². The van der Waals surface area contributed by atoms with E-state index >= 15 is 0 Å². The Hall–Kier alpha value is -1.03. The van der Waals surface area contributed by atoms with Gasteiger partial charge in [-0.05, 0) is 59.5 Å². The highest BCUT2D eigenvalue weighted by molar-refractivity contribution is 7.07. The molecule has 1 aromatic carbocycles. The topological polar surface area (TPSA) is 21.3 Å². The van der Waals surface area contributed by atoms with E-state index in [-0.39, 0.29) is 6.04 Å². The fraction of sp³-hybridized carbons (Fsp3) is 0.375. The van der Waals surface area contributed by atoms with Crippen LogP contribution in [0.5, 0.6) is 5.75 Å². The first-order chi connectivity index (χ1) is 9.74. The van der Waals surface area contributed by atoms with E-state index in [2.05, 4.69) is 35.1 Å². The normalized spacial score (nSPS) is 12.3. The number of hydrogen-bond donors (Lipinski definition) is 1. The lowest BCUT2D eigenvalue weighted by Gasteiger charge is -2.19. The number of ether oxygens (including phenoxy) is 1. The number of rotatable bonds is 7. The zero-order chi connectivity index (χ0) is 14.4. The van der Waals surface area contributed by atoms with E-state index in [0.29, 0.717) is 5.02 Å². The lowest BCUT2D eigenvalue weighted by molar-refractivity contribution is 0.413. The Balaban J connectivity index is 2.20. The quantitative estimate of drug-likeness (QED) is 0.801. The molecule has 20 heavy (non-hydrogen) atoms. The first kappa shape index (κ1) is 15.4. The molecule has 0 spiro atoms. The SMILES string of the molecule is CCCNC(Cc1ccsc1)c1ccc(Cl)c(OC)c1. The molecule has 2 aromatic rings. The van der Waals surface area contributed by atoms with Crippen molar-refractivity contribution < 1.29 is 4.74 Å². The number of thiophene rings is 1. The molecule has 0 aliphatic carbocycles. The van der Waals surface area contributed by atoms with Crippen molar-refractivity contribution in [2.45, 2.75) is 25.8 Å². The average molecular weight is 310 g/mol. The van der Waals surface area contributed by atoms with Crippen molar-refractivity contribution in [1.29, 1.82) is 0 Å². The van der Waals surface area contributed by atoms with Crippen LogP contribution in [-0.2, 0) is 6.42 Å². The van der Waals surface area contributed by atoms with Crippen LogP contribution >= 0.6 is 22.9 Å². The minimum atomic E-state index is 0.288. The predicted octanol–water partition coefficient (Wildman–Crippen LogP) is 4.69. The van der Waals surface area contributed by atoms with Crippen LogP contribution in [0.2, 0.25) is 5.02 Å². The summed E-state index contributed by atoms with van der Waals surface area (Å²) in [6, 6.07) is 8.48. The molecule has 108 valence electrons. The molecule has 0 aliphatic heterocycles. The van der Waals surface area contributed by atoms with E-state index in [0.717, 1.165) is 25.1 Å². The molecule has 0 amide bonds. The Morgan fingerprint density at radius 1 is 1.35 bits per heavy atom. The van der Waals surface area contributed by atoms with E-state index in [1.807, 2.05) is 12.1 Å². The lowest BCUT2D eigenvalue weighted by atomic mass is 10.00. The second kappa shape index (κ2) is 7.67. The molecule has 4 heteroatoms. The van der Waals surface area contributed by atoms with Gasteiger partial charge >= 0.3 is 0 Å². The number of hydrogen-bond acceptors (Lipinski definition) is 3. The summed E-state index contributed by atoms with van der Waals surface area (Å²) in [5.41, 5.74) is 2.57. The number of benzene rings is 1. The molecular formula is C16H20ClNOS. The van der Waals surface area contributed by atoms with Crippen molar-refractivity contribution >= 4 is 22.9 Å². The Morgan fingerprint density at radius 3 is 2.85 bits per heavy atom. The van der Waals surface area contributed by atoms with Crippen molar-refractivity contribution in [3.8, 4) is 5.75 Å². The fourth-order valence-electron chi connectivity index (χ4n) is 2.16. The third-order valence-corrected chi connectivity index (χ3v) is 4.28. The minimum Gasteiger partial charge on any atom is -0.495 e. The third kappa shape index (κ3) is 3.98. The molecule has 0 bridgehead atoms. The highest BCUT2D eigenvalue weighted by atomic mass is 35.5. The first-order valence-corrected chi connectivity index (χ1v) is 8.14. The largest absolute Gasteiger partial charge is 0.495 e. The molecule has 1 aromatic heterocycles. The van der Waals surface area contributed by atoms with Crippen molar-refractivity contribution in [3.63, 3.8) is 0 Å². The van der Waals surface area contributed by atoms with Crippen molar-refractivity contribution in [3.05, 3.63) is 51.2 Å². The van der Waals surface area contributed by atoms with Gasteiger partial charge < -0.3 is 10.1 Å². The predicted molar refractivity (Wildman–Crippen MR) is 87.1 cm³/mol. The summed E-state index contributed by atoms with van der Waals surface area (Å²) in [4.78, 5) is 0. The molecule has 0 fully saturated rings. The van der Waals surface area contributed by atoms with Gasteiger partial charge in [-0.15, -0.1) is 0 Å². The Kier molecular flexibility index (Phi) is 5.89. The van der Waals surface area contributed by atoms with Gasteiger partial charge in [0.1, 0.15) is 5.75 Å². The van der Waals surface area contributed by atoms with Crippen LogP contribution in [0.3, 0.4) is 0 Å². The Bertz CT molecular complexity index is 527. The zero-order valence-electron chi connectivity index (χ0n) is 11.9. The van der Waals surface area contributed by atoms with Crippen LogP contribution in [0.1, 0.15) is 30.5 Å². The molecule has 0 radical (unpaired) electrons. The van der Waals surface area contributed by atoms with Crippen LogP contribution in [0.15, 0.2) is 35.0 Å². The van der Waals surface area contributed by atoms with Crippen LogP contribution in [-0.4, -0.2) is 13.7 Å². The summed E-state index contributed by atoms with van der Waals surface area (Å²) in [6.45, 7) is 3.18. The Morgan fingerprint density at radius 2 is 2.20 bits per heavy atom.